The number of amides is 2. The molecule has 1 atom stereocenters. The van der Waals surface area contributed by atoms with E-state index in [0.717, 1.165) is 18.5 Å². The van der Waals surface area contributed by atoms with E-state index in [1.54, 1.807) is 11.0 Å². The summed E-state index contributed by atoms with van der Waals surface area (Å²) >= 11 is 0. The zero-order chi connectivity index (χ0) is 17.2. The van der Waals surface area contributed by atoms with E-state index in [1.807, 2.05) is 23.9 Å². The van der Waals surface area contributed by atoms with Crippen molar-refractivity contribution < 1.29 is 9.59 Å². The molecular formula is C18H27N3O2. The minimum absolute atomic E-state index is 0.0453. The Kier molecular flexibility index (Phi) is 4.97. The van der Waals surface area contributed by atoms with Crippen molar-refractivity contribution in [1.29, 1.82) is 0 Å². The largest absolute Gasteiger partial charge is 0.349 e. The predicted octanol–water partition coefficient (Wildman–Crippen LogP) is 2.70. The van der Waals surface area contributed by atoms with Crippen LogP contribution in [-0.2, 0) is 4.79 Å². The van der Waals surface area contributed by atoms with Gasteiger partial charge in [-0.25, -0.2) is 0 Å². The third kappa shape index (κ3) is 3.84. The van der Waals surface area contributed by atoms with E-state index in [9.17, 15) is 9.59 Å². The van der Waals surface area contributed by atoms with Crippen molar-refractivity contribution in [2.45, 2.75) is 39.7 Å². The molecule has 126 valence electrons. The third-order valence-corrected chi connectivity index (χ3v) is 4.69. The van der Waals surface area contributed by atoms with Crippen molar-refractivity contribution in [2.75, 3.05) is 20.1 Å². The fourth-order valence-electron chi connectivity index (χ4n) is 2.87. The van der Waals surface area contributed by atoms with E-state index >= 15 is 0 Å². The Morgan fingerprint density at radius 3 is 2.87 bits per heavy atom. The lowest BCUT2D eigenvalue weighted by Crippen LogP contribution is -2.42. The molecule has 2 rings (SSSR count). The van der Waals surface area contributed by atoms with Gasteiger partial charge in [-0.3, -0.25) is 9.59 Å². The fourth-order valence-corrected chi connectivity index (χ4v) is 2.87. The molecule has 0 fully saturated rings. The van der Waals surface area contributed by atoms with Crippen LogP contribution in [0.3, 0.4) is 0 Å². The number of carbonyl (C=O) groups excluding carboxylic acids is 2. The Labute approximate surface area is 138 Å². The summed E-state index contributed by atoms with van der Waals surface area (Å²) in [5, 5.41) is 2.86. The van der Waals surface area contributed by atoms with Crippen LogP contribution < -0.4 is 5.32 Å². The molecule has 1 unspecified atom stereocenters. The molecule has 0 aliphatic carbocycles. The monoisotopic (exact) mass is 317 g/mol. The van der Waals surface area contributed by atoms with Gasteiger partial charge in [0.15, 0.2) is 0 Å². The minimum atomic E-state index is -0.0951. The molecule has 0 spiro atoms. The lowest BCUT2D eigenvalue weighted by atomic mass is 9.89. The van der Waals surface area contributed by atoms with Crippen LogP contribution in [0.5, 0.6) is 0 Å². The van der Waals surface area contributed by atoms with Crippen LogP contribution in [0.1, 0.15) is 55.7 Å². The molecule has 1 aromatic rings. The molecule has 0 aromatic carbocycles. The number of rotatable bonds is 6. The van der Waals surface area contributed by atoms with Gasteiger partial charge in [-0.2, -0.15) is 0 Å². The number of hydrogen-bond acceptors (Lipinski definition) is 2. The molecule has 1 aliphatic rings. The van der Waals surface area contributed by atoms with Gasteiger partial charge in [0.05, 0.1) is 6.04 Å². The zero-order valence-corrected chi connectivity index (χ0v) is 14.6. The van der Waals surface area contributed by atoms with Crippen molar-refractivity contribution in [2.24, 2.45) is 5.41 Å². The molecule has 23 heavy (non-hydrogen) atoms. The first kappa shape index (κ1) is 17.3. The topological polar surface area (TPSA) is 54.3 Å². The molecule has 1 N–H and O–H groups in total. The number of carbonyl (C=O) groups is 2. The van der Waals surface area contributed by atoms with Gasteiger partial charge < -0.3 is 14.8 Å². The first-order valence-electron chi connectivity index (χ1n) is 8.14. The molecule has 1 aliphatic heterocycles. The highest BCUT2D eigenvalue weighted by Gasteiger charge is 2.29. The summed E-state index contributed by atoms with van der Waals surface area (Å²) in [5.74, 6) is 0.00902. The maximum Gasteiger partial charge on any atom is 0.268 e. The Morgan fingerprint density at radius 2 is 2.26 bits per heavy atom. The second kappa shape index (κ2) is 6.60. The third-order valence-electron chi connectivity index (χ3n) is 4.69. The standard InChI is InChI=1S/C18H27N3O2/c1-6-13-8-15-17(23)19-10-14(21(15)11-13)9-16(22)20(5)12-18(3,4)7-2/h6,8,11,14H,1,7,9-10,12H2,2-5H3,(H,19,23). The normalized spacial score (nSPS) is 17.4. The fraction of sp³-hybridized carbons (Fsp3) is 0.556. The van der Waals surface area contributed by atoms with Gasteiger partial charge in [0.25, 0.3) is 5.91 Å². The Morgan fingerprint density at radius 1 is 1.57 bits per heavy atom. The van der Waals surface area contributed by atoms with Crippen LogP contribution in [-0.4, -0.2) is 41.4 Å². The number of aromatic nitrogens is 1. The second-order valence-corrected chi connectivity index (χ2v) is 7.11. The summed E-state index contributed by atoms with van der Waals surface area (Å²) < 4.78 is 1.91. The molecule has 0 bridgehead atoms. The average Bonchev–Trinajstić information content (AvgIpc) is 2.95. The molecular weight excluding hydrogens is 290 g/mol. The summed E-state index contributed by atoms with van der Waals surface area (Å²) in [7, 11) is 1.85. The molecule has 5 heteroatoms. The highest BCUT2D eigenvalue weighted by molar-refractivity contribution is 5.94. The van der Waals surface area contributed by atoms with E-state index in [-0.39, 0.29) is 23.3 Å². The molecule has 5 nitrogen and oxygen atoms in total. The van der Waals surface area contributed by atoms with E-state index in [0.29, 0.717) is 18.7 Å². The van der Waals surface area contributed by atoms with Crippen LogP contribution in [0, 0.1) is 5.41 Å². The van der Waals surface area contributed by atoms with Gasteiger partial charge >= 0.3 is 0 Å². The number of nitrogens with zero attached hydrogens (tertiary/aromatic N) is 2. The smallest absolute Gasteiger partial charge is 0.268 e. The highest BCUT2D eigenvalue weighted by Crippen LogP contribution is 2.25. The first-order chi connectivity index (χ1) is 10.8. The number of hydrogen-bond donors (Lipinski definition) is 1. The number of nitrogens with one attached hydrogen (secondary N) is 1. The lowest BCUT2D eigenvalue weighted by Gasteiger charge is -2.32. The van der Waals surface area contributed by atoms with Crippen LogP contribution in [0.2, 0.25) is 0 Å². The van der Waals surface area contributed by atoms with E-state index in [1.165, 1.54) is 0 Å². The first-order valence-corrected chi connectivity index (χ1v) is 8.14. The Bertz CT molecular complexity index is 616. The second-order valence-electron chi connectivity index (χ2n) is 7.11. The zero-order valence-electron chi connectivity index (χ0n) is 14.6. The van der Waals surface area contributed by atoms with Gasteiger partial charge in [0.1, 0.15) is 5.69 Å². The molecule has 0 saturated heterocycles. The van der Waals surface area contributed by atoms with Crippen LogP contribution >= 0.6 is 0 Å². The predicted molar refractivity (Wildman–Crippen MR) is 92.2 cm³/mol. The van der Waals surface area contributed by atoms with Gasteiger partial charge in [0.2, 0.25) is 5.91 Å². The average molecular weight is 317 g/mol. The van der Waals surface area contributed by atoms with E-state index in [4.69, 9.17) is 0 Å². The summed E-state index contributed by atoms with van der Waals surface area (Å²) in [6.45, 7) is 11.4. The molecule has 2 heterocycles. The maximum absolute atomic E-state index is 12.6. The van der Waals surface area contributed by atoms with Gasteiger partial charge in [-0.05, 0) is 23.5 Å². The highest BCUT2D eigenvalue weighted by atomic mass is 16.2. The van der Waals surface area contributed by atoms with E-state index < -0.39 is 0 Å². The van der Waals surface area contributed by atoms with E-state index in [2.05, 4.69) is 32.7 Å². The quantitative estimate of drug-likeness (QED) is 0.877. The van der Waals surface area contributed by atoms with Crippen molar-refractivity contribution >= 4 is 17.9 Å². The minimum Gasteiger partial charge on any atom is -0.349 e. The summed E-state index contributed by atoms with van der Waals surface area (Å²) in [5.41, 5.74) is 1.61. The van der Waals surface area contributed by atoms with Gasteiger partial charge in [-0.1, -0.05) is 33.4 Å². The molecule has 1 aromatic heterocycles. The van der Waals surface area contributed by atoms with Gasteiger partial charge in [-0.15, -0.1) is 0 Å². The molecule has 0 radical (unpaired) electrons. The summed E-state index contributed by atoms with van der Waals surface area (Å²) in [6, 6.07) is 1.76. The van der Waals surface area contributed by atoms with Crippen molar-refractivity contribution in [1.82, 2.24) is 14.8 Å². The van der Waals surface area contributed by atoms with Crippen molar-refractivity contribution in [3.8, 4) is 0 Å². The summed E-state index contributed by atoms with van der Waals surface area (Å²) in [4.78, 5) is 26.3. The maximum atomic E-state index is 12.6. The summed E-state index contributed by atoms with van der Waals surface area (Å²) in [6.07, 6.45) is 5.02. The Balaban J connectivity index is 2.10. The number of fused-ring (bicyclic) bond motifs is 1. The van der Waals surface area contributed by atoms with Crippen LogP contribution in [0.4, 0.5) is 0 Å². The molecule has 2 amide bonds. The van der Waals surface area contributed by atoms with Crippen molar-refractivity contribution in [3.05, 3.63) is 30.1 Å². The SMILES string of the molecule is C=Cc1cc2n(c1)C(CC(=O)N(C)CC(C)(C)CC)CNC2=O. The lowest BCUT2D eigenvalue weighted by molar-refractivity contribution is -0.132. The molecule has 0 saturated carbocycles. The van der Waals surface area contributed by atoms with Crippen LogP contribution in [0.15, 0.2) is 18.8 Å². The van der Waals surface area contributed by atoms with Crippen LogP contribution in [0.25, 0.3) is 6.08 Å². The van der Waals surface area contributed by atoms with Crippen molar-refractivity contribution in [3.63, 3.8) is 0 Å². The van der Waals surface area contributed by atoms with Gasteiger partial charge in [0, 0.05) is 32.8 Å². The Hall–Kier alpha value is -2.04.